The van der Waals surface area contributed by atoms with E-state index in [0.29, 0.717) is 12.5 Å². The monoisotopic (exact) mass is 277 g/mol. The van der Waals surface area contributed by atoms with Gasteiger partial charge in [-0.2, -0.15) is 0 Å². The first-order valence-electron chi connectivity index (χ1n) is 7.21. The number of hydrogen-bond acceptors (Lipinski definition) is 2. The summed E-state index contributed by atoms with van der Waals surface area (Å²) in [7, 11) is 1.67. The number of aryl methyl sites for hydroxylation is 1. The molecule has 0 aliphatic carbocycles. The second kappa shape index (κ2) is 8.46. The van der Waals surface area contributed by atoms with E-state index in [-0.39, 0.29) is 0 Å². The highest BCUT2D eigenvalue weighted by molar-refractivity contribution is 5.77. The quantitative estimate of drug-likeness (QED) is 0.458. The minimum Gasteiger partial charge on any atom is -0.493 e. The van der Waals surface area contributed by atoms with Gasteiger partial charge in [-0.3, -0.25) is 4.99 Å². The Balaban J connectivity index is 2.60. The van der Waals surface area contributed by atoms with E-state index in [1.54, 1.807) is 7.05 Å². The molecule has 0 saturated heterocycles. The van der Waals surface area contributed by atoms with Crippen molar-refractivity contribution in [1.82, 2.24) is 5.32 Å². The molecule has 4 heteroatoms. The van der Waals surface area contributed by atoms with Crippen molar-refractivity contribution in [2.24, 2.45) is 16.6 Å². The molecule has 0 aliphatic rings. The summed E-state index contributed by atoms with van der Waals surface area (Å²) >= 11 is 0. The number of nitrogens with zero attached hydrogens (tertiary/aromatic N) is 1. The summed E-state index contributed by atoms with van der Waals surface area (Å²) in [6.45, 7) is 7.92. The zero-order valence-corrected chi connectivity index (χ0v) is 13.1. The van der Waals surface area contributed by atoms with Crippen molar-refractivity contribution < 1.29 is 4.74 Å². The largest absolute Gasteiger partial charge is 0.493 e. The van der Waals surface area contributed by atoms with Crippen molar-refractivity contribution in [1.29, 1.82) is 0 Å². The van der Waals surface area contributed by atoms with Gasteiger partial charge >= 0.3 is 0 Å². The van der Waals surface area contributed by atoms with E-state index in [4.69, 9.17) is 10.5 Å². The van der Waals surface area contributed by atoms with Crippen molar-refractivity contribution in [3.8, 4) is 5.75 Å². The number of guanidine groups is 1. The zero-order chi connectivity index (χ0) is 15.0. The molecule has 0 aromatic heterocycles. The van der Waals surface area contributed by atoms with Crippen LogP contribution >= 0.6 is 0 Å². The summed E-state index contributed by atoms with van der Waals surface area (Å²) < 4.78 is 5.91. The van der Waals surface area contributed by atoms with Gasteiger partial charge in [-0.25, -0.2) is 0 Å². The molecule has 0 amide bonds. The molecule has 0 unspecified atom stereocenters. The van der Waals surface area contributed by atoms with Crippen LogP contribution in [0, 0.1) is 12.8 Å². The summed E-state index contributed by atoms with van der Waals surface area (Å²) in [5.74, 6) is 2.10. The minimum atomic E-state index is 0.441. The molecule has 3 N–H and O–H groups in total. The Bertz CT molecular complexity index is 441. The highest BCUT2D eigenvalue weighted by Gasteiger charge is 2.05. The van der Waals surface area contributed by atoms with Gasteiger partial charge in [0.15, 0.2) is 5.96 Å². The summed E-state index contributed by atoms with van der Waals surface area (Å²) in [5, 5.41) is 3.06. The molecule has 1 aromatic carbocycles. The van der Waals surface area contributed by atoms with E-state index in [1.165, 1.54) is 12.0 Å². The molecule has 1 aromatic rings. The maximum Gasteiger partial charge on any atom is 0.188 e. The van der Waals surface area contributed by atoms with E-state index in [2.05, 4.69) is 49.3 Å². The summed E-state index contributed by atoms with van der Waals surface area (Å²) in [5.41, 5.74) is 7.96. The van der Waals surface area contributed by atoms with Crippen LogP contribution < -0.4 is 15.8 Å². The Morgan fingerprint density at radius 1 is 1.40 bits per heavy atom. The van der Waals surface area contributed by atoms with E-state index < -0.39 is 0 Å². The van der Waals surface area contributed by atoms with Crippen LogP contribution in [0.2, 0.25) is 0 Å². The number of ether oxygens (including phenoxy) is 1. The molecule has 0 aliphatic heterocycles. The Labute approximate surface area is 122 Å². The molecule has 112 valence electrons. The fourth-order valence-electron chi connectivity index (χ4n) is 1.88. The highest BCUT2D eigenvalue weighted by Crippen LogP contribution is 2.21. The third kappa shape index (κ3) is 5.95. The fraction of sp³-hybridized carbons (Fsp3) is 0.562. The van der Waals surface area contributed by atoms with Crippen molar-refractivity contribution in [3.63, 3.8) is 0 Å². The SMILES string of the molecule is CN=C(N)NCc1ccc(C)cc1OCCCC(C)C. The highest BCUT2D eigenvalue weighted by atomic mass is 16.5. The van der Waals surface area contributed by atoms with Gasteiger partial charge in [-0.1, -0.05) is 26.0 Å². The second-order valence-corrected chi connectivity index (χ2v) is 5.46. The summed E-state index contributed by atoms with van der Waals surface area (Å²) in [6.07, 6.45) is 2.27. The first-order valence-corrected chi connectivity index (χ1v) is 7.21. The van der Waals surface area contributed by atoms with Crippen LogP contribution in [0.3, 0.4) is 0 Å². The van der Waals surface area contributed by atoms with Gasteiger partial charge < -0.3 is 15.8 Å². The van der Waals surface area contributed by atoms with Crippen molar-refractivity contribution in [2.45, 2.75) is 40.2 Å². The molecule has 0 radical (unpaired) electrons. The molecular weight excluding hydrogens is 250 g/mol. The first-order chi connectivity index (χ1) is 9.52. The molecule has 4 nitrogen and oxygen atoms in total. The van der Waals surface area contributed by atoms with Crippen LogP contribution in [-0.2, 0) is 6.54 Å². The van der Waals surface area contributed by atoms with Gasteiger partial charge in [0.25, 0.3) is 0 Å². The van der Waals surface area contributed by atoms with Crippen LogP contribution in [-0.4, -0.2) is 19.6 Å². The van der Waals surface area contributed by atoms with Crippen LogP contribution in [0.1, 0.15) is 37.8 Å². The Morgan fingerprint density at radius 3 is 2.80 bits per heavy atom. The first kappa shape index (κ1) is 16.3. The number of nitrogens with one attached hydrogen (secondary N) is 1. The molecule has 0 spiro atoms. The second-order valence-electron chi connectivity index (χ2n) is 5.46. The van der Waals surface area contributed by atoms with Gasteiger partial charge in [0.05, 0.1) is 6.61 Å². The lowest BCUT2D eigenvalue weighted by Crippen LogP contribution is -2.30. The number of rotatable bonds is 7. The van der Waals surface area contributed by atoms with E-state index in [1.807, 2.05) is 0 Å². The Hall–Kier alpha value is -1.71. The minimum absolute atomic E-state index is 0.441. The standard InChI is InChI=1S/C16H27N3O/c1-12(2)6-5-9-20-15-10-13(3)7-8-14(15)11-19-16(17)18-4/h7-8,10,12H,5-6,9,11H2,1-4H3,(H3,17,18,19). The lowest BCUT2D eigenvalue weighted by molar-refractivity contribution is 0.294. The van der Waals surface area contributed by atoms with Crippen molar-refractivity contribution in [2.75, 3.05) is 13.7 Å². The molecule has 0 heterocycles. The molecule has 0 fully saturated rings. The van der Waals surface area contributed by atoms with E-state index in [9.17, 15) is 0 Å². The number of benzene rings is 1. The van der Waals surface area contributed by atoms with Gasteiger partial charge in [0.2, 0.25) is 0 Å². The van der Waals surface area contributed by atoms with E-state index >= 15 is 0 Å². The molecular formula is C16H27N3O. The average Bonchev–Trinajstić information content (AvgIpc) is 2.42. The van der Waals surface area contributed by atoms with Crippen molar-refractivity contribution >= 4 is 5.96 Å². The van der Waals surface area contributed by atoms with Crippen molar-refractivity contribution in [3.05, 3.63) is 29.3 Å². The summed E-state index contributed by atoms with van der Waals surface area (Å²) in [6, 6.07) is 6.23. The number of nitrogens with two attached hydrogens (primary N) is 1. The Morgan fingerprint density at radius 2 is 2.15 bits per heavy atom. The van der Waals surface area contributed by atoms with Crippen LogP contribution in [0.4, 0.5) is 0 Å². The molecule has 20 heavy (non-hydrogen) atoms. The Kier molecular flexibility index (Phi) is 6.91. The van der Waals surface area contributed by atoms with Crippen LogP contribution in [0.5, 0.6) is 5.75 Å². The van der Waals surface area contributed by atoms with Gasteiger partial charge in [-0.05, 0) is 37.3 Å². The van der Waals surface area contributed by atoms with Crippen LogP contribution in [0.15, 0.2) is 23.2 Å². The predicted octanol–water partition coefficient (Wildman–Crippen LogP) is 2.84. The predicted molar refractivity (Wildman–Crippen MR) is 85.1 cm³/mol. The normalized spacial score (nSPS) is 11.8. The topological polar surface area (TPSA) is 59.6 Å². The maximum atomic E-state index is 5.91. The average molecular weight is 277 g/mol. The third-order valence-corrected chi connectivity index (χ3v) is 3.11. The van der Waals surface area contributed by atoms with Gasteiger partial charge in [0, 0.05) is 19.2 Å². The van der Waals surface area contributed by atoms with Crippen LogP contribution in [0.25, 0.3) is 0 Å². The fourth-order valence-corrected chi connectivity index (χ4v) is 1.88. The van der Waals surface area contributed by atoms with Gasteiger partial charge in [0.1, 0.15) is 5.75 Å². The number of aliphatic imine (C=N–C) groups is 1. The number of hydrogen-bond donors (Lipinski definition) is 2. The van der Waals surface area contributed by atoms with E-state index in [0.717, 1.165) is 30.3 Å². The van der Waals surface area contributed by atoms with Gasteiger partial charge in [-0.15, -0.1) is 0 Å². The molecule has 1 rings (SSSR count). The smallest absolute Gasteiger partial charge is 0.188 e. The third-order valence-electron chi connectivity index (χ3n) is 3.11. The maximum absolute atomic E-state index is 5.91. The lowest BCUT2D eigenvalue weighted by Gasteiger charge is -2.14. The lowest BCUT2D eigenvalue weighted by atomic mass is 10.1. The molecule has 0 atom stereocenters. The molecule has 0 saturated carbocycles. The zero-order valence-electron chi connectivity index (χ0n) is 13.1. The summed E-state index contributed by atoms with van der Waals surface area (Å²) in [4.78, 5) is 3.89. The molecule has 0 bridgehead atoms.